The molecule has 0 heterocycles. The van der Waals surface area contributed by atoms with Gasteiger partial charge in [0.05, 0.1) is 14.2 Å². The van der Waals surface area contributed by atoms with Crippen molar-refractivity contribution in [1.29, 1.82) is 0 Å². The molecule has 0 saturated carbocycles. The number of methoxy groups -OCH3 is 2. The molecule has 2 rings (SSSR count). The van der Waals surface area contributed by atoms with E-state index in [1.54, 1.807) is 56.7 Å². The molecule has 0 unspecified atom stereocenters. The molecule has 7 nitrogen and oxygen atoms in total. The van der Waals surface area contributed by atoms with Crippen molar-refractivity contribution in [2.24, 2.45) is 5.73 Å². The van der Waals surface area contributed by atoms with Gasteiger partial charge in [0.1, 0.15) is 11.5 Å². The number of ether oxygens (including phenoxy) is 2. The van der Waals surface area contributed by atoms with E-state index in [2.05, 4.69) is 10.6 Å². The number of nitrogens with two attached hydrogens (primary N) is 1. The van der Waals surface area contributed by atoms with Crippen molar-refractivity contribution in [1.82, 2.24) is 5.32 Å². The molecule has 4 N–H and O–H groups in total. The van der Waals surface area contributed by atoms with Gasteiger partial charge in [-0.3, -0.25) is 4.79 Å². The summed E-state index contributed by atoms with van der Waals surface area (Å²) in [5, 5.41) is 5.23. The summed E-state index contributed by atoms with van der Waals surface area (Å²) in [5.74, 6) is 1.04. The van der Waals surface area contributed by atoms with E-state index in [4.69, 9.17) is 15.2 Å². The molecule has 0 fully saturated rings. The monoisotopic (exact) mass is 329 g/mol. The minimum absolute atomic E-state index is 0.271. The zero-order valence-electron chi connectivity index (χ0n) is 13.5. The second-order valence-corrected chi connectivity index (χ2v) is 4.93. The summed E-state index contributed by atoms with van der Waals surface area (Å²) < 4.78 is 10.5. The summed E-state index contributed by atoms with van der Waals surface area (Å²) in [4.78, 5) is 23.2. The Bertz CT molecular complexity index is 746. The average molecular weight is 329 g/mol. The Kier molecular flexibility index (Phi) is 5.62. The van der Waals surface area contributed by atoms with Crippen molar-refractivity contribution >= 4 is 17.6 Å². The van der Waals surface area contributed by atoms with Gasteiger partial charge in [0.15, 0.2) is 0 Å². The lowest BCUT2D eigenvalue weighted by Gasteiger charge is -2.12. The van der Waals surface area contributed by atoms with Gasteiger partial charge in [-0.15, -0.1) is 0 Å². The molecule has 0 aliphatic carbocycles. The van der Waals surface area contributed by atoms with Crippen molar-refractivity contribution in [3.8, 4) is 11.5 Å². The molecule has 0 aromatic heterocycles. The summed E-state index contributed by atoms with van der Waals surface area (Å²) >= 11 is 0. The molecule has 0 saturated heterocycles. The first-order chi connectivity index (χ1) is 11.5. The number of hydrogen-bond acceptors (Lipinski definition) is 4. The number of anilines is 1. The zero-order chi connectivity index (χ0) is 17.5. The maximum atomic E-state index is 12.3. The summed E-state index contributed by atoms with van der Waals surface area (Å²) in [7, 11) is 3.13. The highest BCUT2D eigenvalue weighted by Crippen LogP contribution is 2.23. The van der Waals surface area contributed by atoms with Gasteiger partial charge >= 0.3 is 6.03 Å². The third-order valence-electron chi connectivity index (χ3n) is 3.32. The third-order valence-corrected chi connectivity index (χ3v) is 3.32. The Balaban J connectivity index is 2.09. The Morgan fingerprint density at radius 2 is 1.88 bits per heavy atom. The summed E-state index contributed by atoms with van der Waals surface area (Å²) in [6.07, 6.45) is 0. The summed E-state index contributed by atoms with van der Waals surface area (Å²) in [5.41, 5.74) is 6.72. The molecule has 0 atom stereocenters. The van der Waals surface area contributed by atoms with Crippen LogP contribution in [0.5, 0.6) is 11.5 Å². The first-order valence-electron chi connectivity index (χ1n) is 7.19. The van der Waals surface area contributed by atoms with Gasteiger partial charge in [0.25, 0.3) is 5.91 Å². The predicted octanol–water partition coefficient (Wildman–Crippen LogP) is 2.12. The zero-order valence-corrected chi connectivity index (χ0v) is 13.5. The molecule has 0 radical (unpaired) electrons. The van der Waals surface area contributed by atoms with Gasteiger partial charge in [-0.05, 0) is 36.4 Å². The van der Waals surface area contributed by atoms with E-state index in [1.165, 1.54) is 0 Å². The van der Waals surface area contributed by atoms with Gasteiger partial charge in [-0.1, -0.05) is 6.07 Å². The minimum Gasteiger partial charge on any atom is -0.497 e. The second-order valence-electron chi connectivity index (χ2n) is 4.93. The number of rotatable bonds is 6. The smallest absolute Gasteiger partial charge is 0.316 e. The Hall–Kier alpha value is -3.22. The fraction of sp³-hybridized carbons (Fsp3) is 0.176. The van der Waals surface area contributed by atoms with E-state index >= 15 is 0 Å². The Morgan fingerprint density at radius 1 is 1.08 bits per heavy atom. The van der Waals surface area contributed by atoms with Gasteiger partial charge in [0.2, 0.25) is 0 Å². The Labute approximate surface area is 139 Å². The molecular weight excluding hydrogens is 310 g/mol. The van der Waals surface area contributed by atoms with Crippen LogP contribution in [-0.2, 0) is 6.54 Å². The lowest BCUT2D eigenvalue weighted by atomic mass is 10.1. The molecule has 7 heteroatoms. The maximum absolute atomic E-state index is 12.3. The molecule has 2 aromatic carbocycles. The normalized spacial score (nSPS) is 9.92. The van der Waals surface area contributed by atoms with Crippen LogP contribution in [0.25, 0.3) is 0 Å². The SMILES string of the molecule is COc1ccc(OC)c(CNC(=O)c2cccc(NC(N)=O)c2)c1. The van der Waals surface area contributed by atoms with Gasteiger partial charge in [-0.2, -0.15) is 0 Å². The van der Waals surface area contributed by atoms with Crippen LogP contribution in [0.2, 0.25) is 0 Å². The molecule has 0 bridgehead atoms. The lowest BCUT2D eigenvalue weighted by Crippen LogP contribution is -2.24. The quantitative estimate of drug-likeness (QED) is 0.755. The van der Waals surface area contributed by atoms with Crippen LogP contribution in [0, 0.1) is 0 Å². The molecule has 0 spiro atoms. The van der Waals surface area contributed by atoms with Crippen LogP contribution >= 0.6 is 0 Å². The van der Waals surface area contributed by atoms with E-state index in [-0.39, 0.29) is 12.5 Å². The fourth-order valence-electron chi connectivity index (χ4n) is 2.18. The van der Waals surface area contributed by atoms with Crippen LogP contribution in [-0.4, -0.2) is 26.2 Å². The molecule has 2 aromatic rings. The second kappa shape index (κ2) is 7.87. The molecule has 126 valence electrons. The van der Waals surface area contributed by atoms with Crippen LogP contribution < -0.4 is 25.8 Å². The van der Waals surface area contributed by atoms with Gasteiger partial charge in [0, 0.05) is 23.4 Å². The highest BCUT2D eigenvalue weighted by atomic mass is 16.5. The number of hydrogen-bond donors (Lipinski definition) is 3. The Morgan fingerprint density at radius 3 is 2.54 bits per heavy atom. The molecule has 0 aliphatic heterocycles. The van der Waals surface area contributed by atoms with E-state index in [0.717, 1.165) is 5.56 Å². The number of nitrogens with one attached hydrogen (secondary N) is 2. The van der Waals surface area contributed by atoms with E-state index in [9.17, 15) is 9.59 Å². The third kappa shape index (κ3) is 4.39. The number of primary amides is 1. The van der Waals surface area contributed by atoms with Crippen LogP contribution in [0.15, 0.2) is 42.5 Å². The van der Waals surface area contributed by atoms with Crippen molar-refractivity contribution in [3.05, 3.63) is 53.6 Å². The number of carbonyl (C=O) groups is 2. The maximum Gasteiger partial charge on any atom is 0.316 e. The standard InChI is InChI=1S/C17H19N3O4/c1-23-14-6-7-15(24-2)12(9-14)10-19-16(21)11-4-3-5-13(8-11)20-17(18)22/h3-9H,10H2,1-2H3,(H,19,21)(H3,18,20,22). The molecular formula is C17H19N3O4. The number of urea groups is 1. The molecule has 24 heavy (non-hydrogen) atoms. The lowest BCUT2D eigenvalue weighted by molar-refractivity contribution is 0.0950. The average Bonchev–Trinajstić information content (AvgIpc) is 2.59. The summed E-state index contributed by atoms with van der Waals surface area (Å²) in [6.45, 7) is 0.271. The van der Waals surface area contributed by atoms with Crippen molar-refractivity contribution in [3.63, 3.8) is 0 Å². The van der Waals surface area contributed by atoms with E-state index in [1.807, 2.05) is 0 Å². The minimum atomic E-state index is -0.686. The van der Waals surface area contributed by atoms with Crippen molar-refractivity contribution < 1.29 is 19.1 Å². The van der Waals surface area contributed by atoms with Gasteiger partial charge in [-0.25, -0.2) is 4.79 Å². The van der Waals surface area contributed by atoms with E-state index in [0.29, 0.717) is 22.7 Å². The number of carbonyl (C=O) groups excluding carboxylic acids is 2. The topological polar surface area (TPSA) is 103 Å². The fourth-order valence-corrected chi connectivity index (χ4v) is 2.18. The molecule has 3 amide bonds. The first-order valence-corrected chi connectivity index (χ1v) is 7.19. The highest BCUT2D eigenvalue weighted by Gasteiger charge is 2.10. The van der Waals surface area contributed by atoms with Crippen LogP contribution in [0.3, 0.4) is 0 Å². The van der Waals surface area contributed by atoms with Crippen molar-refractivity contribution in [2.45, 2.75) is 6.54 Å². The first kappa shape index (κ1) is 17.1. The largest absolute Gasteiger partial charge is 0.497 e. The van der Waals surface area contributed by atoms with E-state index < -0.39 is 6.03 Å². The highest BCUT2D eigenvalue weighted by molar-refractivity contribution is 5.96. The number of benzene rings is 2. The van der Waals surface area contributed by atoms with Crippen molar-refractivity contribution in [2.75, 3.05) is 19.5 Å². The molecule has 0 aliphatic rings. The van der Waals surface area contributed by atoms with Gasteiger partial charge < -0.3 is 25.8 Å². The van der Waals surface area contributed by atoms with Crippen LogP contribution in [0.4, 0.5) is 10.5 Å². The number of amides is 3. The predicted molar refractivity (Wildman–Crippen MR) is 90.4 cm³/mol. The van der Waals surface area contributed by atoms with Crippen LogP contribution in [0.1, 0.15) is 15.9 Å². The summed E-state index contributed by atoms with van der Waals surface area (Å²) in [6, 6.07) is 11.2.